The van der Waals surface area contributed by atoms with Gasteiger partial charge in [-0.1, -0.05) is 11.6 Å². The number of aromatic nitrogens is 2. The first-order valence-electron chi connectivity index (χ1n) is 10.00. The highest BCUT2D eigenvalue weighted by molar-refractivity contribution is 6.31. The minimum Gasteiger partial charge on any atom is -0.479 e. The molecule has 1 aromatic carbocycles. The summed E-state index contributed by atoms with van der Waals surface area (Å²) in [7, 11) is 0. The number of rotatable bonds is 3. The number of aromatic amines is 1. The van der Waals surface area contributed by atoms with E-state index in [9.17, 15) is 9.90 Å². The lowest BCUT2D eigenvalue weighted by Crippen LogP contribution is -2.43. The van der Waals surface area contributed by atoms with Crippen LogP contribution < -0.4 is 4.74 Å². The molecule has 1 atom stereocenters. The van der Waals surface area contributed by atoms with Gasteiger partial charge in [-0.3, -0.25) is 4.79 Å². The van der Waals surface area contributed by atoms with Gasteiger partial charge in [-0.15, -0.1) is 0 Å². The molecule has 29 heavy (non-hydrogen) atoms. The normalized spacial score (nSPS) is 18.7. The van der Waals surface area contributed by atoms with Gasteiger partial charge in [0, 0.05) is 52.9 Å². The van der Waals surface area contributed by atoms with Crippen LogP contribution in [0, 0.1) is 0 Å². The van der Waals surface area contributed by atoms with E-state index in [2.05, 4.69) is 9.97 Å². The summed E-state index contributed by atoms with van der Waals surface area (Å²) in [6, 6.07) is 7.55. The fraction of sp³-hybridized carbons (Fsp3) is 0.364. The third kappa shape index (κ3) is 3.26. The maximum Gasteiger partial charge on any atom is 0.263 e. The summed E-state index contributed by atoms with van der Waals surface area (Å²) in [5.41, 5.74) is 4.09. The van der Waals surface area contributed by atoms with Crippen LogP contribution in [0.4, 0.5) is 0 Å². The summed E-state index contributed by atoms with van der Waals surface area (Å²) in [6.07, 6.45) is 5.03. The van der Waals surface area contributed by atoms with E-state index in [4.69, 9.17) is 16.3 Å². The van der Waals surface area contributed by atoms with E-state index in [1.54, 1.807) is 6.20 Å². The van der Waals surface area contributed by atoms with E-state index in [0.717, 1.165) is 48.0 Å². The smallest absolute Gasteiger partial charge is 0.263 e. The number of hydrogen-bond donors (Lipinski definition) is 2. The van der Waals surface area contributed by atoms with Gasteiger partial charge in [0.25, 0.3) is 5.91 Å². The first-order valence-corrected chi connectivity index (χ1v) is 10.4. The SMILES string of the molecule is O=C(C1Cc2cc(Cl)cc(-c3ccnc4[nH]c(CO)cc34)c2O1)N1CCCCC1. The van der Waals surface area contributed by atoms with Gasteiger partial charge >= 0.3 is 0 Å². The monoisotopic (exact) mass is 411 g/mol. The minimum atomic E-state index is -0.503. The number of carbonyl (C=O) groups excluding carboxylic acids is 1. The van der Waals surface area contributed by atoms with Crippen LogP contribution in [0.5, 0.6) is 5.75 Å². The van der Waals surface area contributed by atoms with E-state index in [1.807, 2.05) is 29.2 Å². The van der Waals surface area contributed by atoms with Gasteiger partial charge in [0.15, 0.2) is 6.10 Å². The summed E-state index contributed by atoms with van der Waals surface area (Å²) in [5, 5.41) is 11.0. The van der Waals surface area contributed by atoms with Crippen molar-refractivity contribution in [3.05, 3.63) is 46.7 Å². The zero-order valence-corrected chi connectivity index (χ0v) is 16.7. The summed E-state index contributed by atoms with van der Waals surface area (Å²) in [6.45, 7) is 1.52. The molecule has 2 N–H and O–H groups in total. The lowest BCUT2D eigenvalue weighted by atomic mass is 9.99. The van der Waals surface area contributed by atoms with Crippen LogP contribution >= 0.6 is 11.6 Å². The van der Waals surface area contributed by atoms with Gasteiger partial charge in [-0.25, -0.2) is 4.98 Å². The Hall–Kier alpha value is -2.57. The molecular formula is C22H22ClN3O3. The molecule has 7 heteroatoms. The summed E-state index contributed by atoms with van der Waals surface area (Å²) in [4.78, 5) is 22.4. The number of fused-ring (bicyclic) bond motifs is 2. The van der Waals surface area contributed by atoms with Crippen LogP contribution in [0.1, 0.15) is 30.5 Å². The zero-order chi connectivity index (χ0) is 20.0. The molecule has 2 aromatic heterocycles. The molecule has 5 rings (SSSR count). The number of nitrogens with one attached hydrogen (secondary N) is 1. The molecule has 3 aromatic rings. The van der Waals surface area contributed by atoms with Crippen molar-refractivity contribution in [1.29, 1.82) is 0 Å². The number of amides is 1. The topological polar surface area (TPSA) is 78.5 Å². The van der Waals surface area contributed by atoms with Crippen LogP contribution in [0.2, 0.25) is 5.02 Å². The first kappa shape index (κ1) is 18.5. The van der Waals surface area contributed by atoms with Gasteiger partial charge in [-0.05, 0) is 49.1 Å². The summed E-state index contributed by atoms with van der Waals surface area (Å²) >= 11 is 6.42. The van der Waals surface area contributed by atoms with Crippen molar-refractivity contribution in [2.75, 3.05) is 13.1 Å². The van der Waals surface area contributed by atoms with Crippen LogP contribution in [-0.4, -0.2) is 45.1 Å². The lowest BCUT2D eigenvalue weighted by molar-refractivity contribution is -0.138. The zero-order valence-electron chi connectivity index (χ0n) is 15.9. The van der Waals surface area contributed by atoms with Gasteiger partial charge in [-0.2, -0.15) is 0 Å². The molecule has 1 saturated heterocycles. The third-order valence-corrected chi connectivity index (χ3v) is 6.01. The molecule has 1 unspecified atom stereocenters. The molecule has 0 spiro atoms. The van der Waals surface area contributed by atoms with Gasteiger partial charge in [0.1, 0.15) is 11.4 Å². The molecule has 150 valence electrons. The second-order valence-corrected chi connectivity index (χ2v) is 8.15. The van der Waals surface area contributed by atoms with Crippen LogP contribution in [0.3, 0.4) is 0 Å². The quantitative estimate of drug-likeness (QED) is 0.689. The Morgan fingerprint density at radius 3 is 2.86 bits per heavy atom. The van der Waals surface area contributed by atoms with Gasteiger partial charge in [0.05, 0.1) is 6.61 Å². The number of likely N-dealkylation sites (tertiary alicyclic amines) is 1. The largest absolute Gasteiger partial charge is 0.479 e. The van der Waals surface area contributed by atoms with Gasteiger partial charge < -0.3 is 19.7 Å². The first-order chi connectivity index (χ1) is 14.1. The Kier molecular flexibility index (Phi) is 4.68. The van der Waals surface area contributed by atoms with Crippen LogP contribution in [0.25, 0.3) is 22.2 Å². The van der Waals surface area contributed by atoms with Crippen molar-refractivity contribution < 1.29 is 14.6 Å². The molecule has 1 amide bonds. The number of nitrogens with zero attached hydrogens (tertiary/aromatic N) is 2. The average Bonchev–Trinajstić information content (AvgIpc) is 3.36. The number of aliphatic hydroxyl groups excluding tert-OH is 1. The molecule has 2 aliphatic heterocycles. The number of ether oxygens (including phenoxy) is 1. The summed E-state index contributed by atoms with van der Waals surface area (Å²) < 4.78 is 6.21. The Morgan fingerprint density at radius 2 is 2.07 bits per heavy atom. The Bertz CT molecular complexity index is 1090. The van der Waals surface area contributed by atoms with Gasteiger partial charge in [0.2, 0.25) is 0 Å². The minimum absolute atomic E-state index is 0.0621. The number of hydrogen-bond acceptors (Lipinski definition) is 4. The number of piperidine rings is 1. The fourth-order valence-corrected chi connectivity index (χ4v) is 4.62. The highest BCUT2D eigenvalue weighted by Gasteiger charge is 2.35. The highest BCUT2D eigenvalue weighted by atomic mass is 35.5. The number of H-pyrrole nitrogens is 1. The molecule has 0 bridgehead atoms. The molecule has 2 aliphatic rings. The maximum atomic E-state index is 13.0. The molecule has 1 fully saturated rings. The number of carbonyl (C=O) groups is 1. The fourth-order valence-electron chi connectivity index (χ4n) is 4.38. The Balaban J connectivity index is 1.54. The van der Waals surface area contributed by atoms with E-state index in [-0.39, 0.29) is 12.5 Å². The van der Waals surface area contributed by atoms with E-state index < -0.39 is 6.10 Å². The maximum absolute atomic E-state index is 13.0. The molecule has 6 nitrogen and oxygen atoms in total. The second kappa shape index (κ2) is 7.35. The number of halogens is 1. The molecular weight excluding hydrogens is 390 g/mol. The number of aliphatic hydroxyl groups is 1. The van der Waals surface area contributed by atoms with E-state index >= 15 is 0 Å². The van der Waals surface area contributed by atoms with Crippen molar-refractivity contribution in [3.8, 4) is 16.9 Å². The lowest BCUT2D eigenvalue weighted by Gasteiger charge is -2.28. The second-order valence-electron chi connectivity index (χ2n) is 7.71. The highest BCUT2D eigenvalue weighted by Crippen LogP contribution is 2.43. The molecule has 0 radical (unpaired) electrons. The number of pyridine rings is 1. The van der Waals surface area contributed by atoms with Crippen molar-refractivity contribution in [3.63, 3.8) is 0 Å². The predicted molar refractivity (Wildman–Crippen MR) is 111 cm³/mol. The average molecular weight is 412 g/mol. The number of benzene rings is 1. The van der Waals surface area contributed by atoms with Crippen molar-refractivity contribution in [1.82, 2.24) is 14.9 Å². The summed E-state index contributed by atoms with van der Waals surface area (Å²) in [5.74, 6) is 0.774. The Labute approximate surface area is 173 Å². The standard InChI is InChI=1S/C22H22ClN3O3/c23-14-8-13-9-19(22(28)26-6-2-1-3-7-26)29-20(13)17(10-14)16-4-5-24-21-18(16)11-15(12-27)25-21/h4-5,8,10-11,19,27H,1-3,6-7,9,12H2,(H,24,25). The van der Waals surface area contributed by atoms with Crippen molar-refractivity contribution in [2.24, 2.45) is 0 Å². The molecule has 4 heterocycles. The third-order valence-electron chi connectivity index (χ3n) is 5.79. The Morgan fingerprint density at radius 1 is 1.24 bits per heavy atom. The molecule has 0 saturated carbocycles. The van der Waals surface area contributed by atoms with Crippen molar-refractivity contribution in [2.45, 2.75) is 38.4 Å². The van der Waals surface area contributed by atoms with Crippen LogP contribution in [0.15, 0.2) is 30.5 Å². The predicted octanol–water partition coefficient (Wildman–Crippen LogP) is 3.69. The van der Waals surface area contributed by atoms with Crippen molar-refractivity contribution >= 4 is 28.5 Å². The van der Waals surface area contributed by atoms with E-state index in [1.165, 1.54) is 6.42 Å². The molecule has 0 aliphatic carbocycles. The van der Waals surface area contributed by atoms with E-state index in [0.29, 0.717) is 28.5 Å². The van der Waals surface area contributed by atoms with Crippen LogP contribution in [-0.2, 0) is 17.8 Å².